The van der Waals surface area contributed by atoms with Crippen molar-refractivity contribution in [3.8, 4) is 34.4 Å². The van der Waals surface area contributed by atoms with Gasteiger partial charge in [0.05, 0.1) is 34.6 Å². The van der Waals surface area contributed by atoms with E-state index in [4.69, 9.17) is 9.72 Å². The van der Waals surface area contributed by atoms with Crippen LogP contribution < -0.4 is 9.30 Å². The van der Waals surface area contributed by atoms with Crippen LogP contribution in [0.4, 0.5) is 0 Å². The van der Waals surface area contributed by atoms with Crippen LogP contribution in [0.2, 0.25) is 0 Å². The summed E-state index contributed by atoms with van der Waals surface area (Å²) in [4.78, 5) is 5.19. The van der Waals surface area contributed by atoms with Gasteiger partial charge in [-0.15, -0.1) is 29.7 Å². The number of hydrogen-bond donors (Lipinski definition) is 0. The maximum absolute atomic E-state index is 6.68. The topological polar surface area (TPSA) is 45.7 Å². The minimum atomic E-state index is -0.117. The first kappa shape index (κ1) is 38.7. The van der Waals surface area contributed by atoms with E-state index >= 15 is 0 Å². The average molecular weight is 996 g/mol. The Morgan fingerprint density at radius 3 is 1.84 bits per heavy atom. The Labute approximate surface area is 378 Å². The Morgan fingerprint density at radius 2 is 1.17 bits per heavy atom. The Kier molecular flexibility index (Phi) is 9.04. The second-order valence-corrected chi connectivity index (χ2v) is 17.0. The molecule has 7 nitrogen and oxygen atoms in total. The summed E-state index contributed by atoms with van der Waals surface area (Å²) < 4.78 is 17.7. The molecule has 0 amide bonds. The molecule has 0 bridgehead atoms. The maximum atomic E-state index is 6.68. The molecule has 308 valence electrons. The fraction of sp³-hybridized carbons (Fsp3) is 0.0909. The fourth-order valence-corrected chi connectivity index (χ4v) is 9.38. The van der Waals surface area contributed by atoms with Crippen molar-refractivity contribution in [2.75, 3.05) is 0 Å². The van der Waals surface area contributed by atoms with E-state index in [-0.39, 0.29) is 26.5 Å². The molecule has 0 N–H and O–H groups in total. The summed E-state index contributed by atoms with van der Waals surface area (Å²) in [7, 11) is 1.95. The summed E-state index contributed by atoms with van der Waals surface area (Å²) in [5, 5.41) is 6.87. The molecule has 63 heavy (non-hydrogen) atoms. The molecule has 0 aliphatic heterocycles. The van der Waals surface area contributed by atoms with Crippen LogP contribution in [0.5, 0.6) is 11.5 Å². The molecule has 8 heteroatoms. The van der Waals surface area contributed by atoms with Crippen molar-refractivity contribution in [1.29, 1.82) is 0 Å². The van der Waals surface area contributed by atoms with E-state index in [1.165, 1.54) is 27.1 Å². The first-order valence-electron chi connectivity index (χ1n) is 21.0. The number of para-hydroxylation sites is 4. The van der Waals surface area contributed by atoms with Gasteiger partial charge >= 0.3 is 0 Å². The number of imidazole rings is 1. The Bertz CT molecular complexity index is 3720. The number of rotatable bonds is 6. The van der Waals surface area contributed by atoms with E-state index in [1.807, 2.05) is 59.0 Å². The number of aryl methyl sites for hydroxylation is 1. The molecule has 0 aliphatic carbocycles. The molecule has 7 aromatic carbocycles. The third-order valence-corrected chi connectivity index (χ3v) is 12.1. The van der Waals surface area contributed by atoms with Crippen molar-refractivity contribution < 1.29 is 30.4 Å². The molecule has 0 fully saturated rings. The molecule has 5 aromatic heterocycles. The number of aromatic nitrogens is 6. The third kappa shape index (κ3) is 6.06. The zero-order valence-electron chi connectivity index (χ0n) is 35.1. The number of pyridine rings is 1. The van der Waals surface area contributed by atoms with Crippen molar-refractivity contribution in [2.45, 2.75) is 26.2 Å². The minimum absolute atomic E-state index is 0. The molecule has 0 unspecified atom stereocenters. The van der Waals surface area contributed by atoms with Crippen molar-refractivity contribution in [1.82, 2.24) is 23.3 Å². The number of nitrogens with zero attached hydrogens (tertiary/aromatic N) is 6. The van der Waals surface area contributed by atoms with E-state index in [1.54, 1.807) is 0 Å². The molecule has 5 heterocycles. The second-order valence-electron chi connectivity index (χ2n) is 17.0. The van der Waals surface area contributed by atoms with Crippen LogP contribution in [0.25, 0.3) is 88.3 Å². The van der Waals surface area contributed by atoms with Crippen LogP contribution in [0.15, 0.2) is 170 Å². The van der Waals surface area contributed by atoms with Crippen LogP contribution >= 0.6 is 0 Å². The van der Waals surface area contributed by atoms with Gasteiger partial charge < -0.3 is 27.6 Å². The SMILES string of the molecule is Cn1[c-][n+](-c2[c-]c(Oc3[c-]c4c(cc3)c3c5c6ccccc6n(-c6ccccc6)c5c5c6ccccc6n(-c6ccccc6)c5c3n4-c3cc(C(C)(C)C)ccn3)ccc2)cc1.[Pt]. The molecule has 12 aromatic rings. The van der Waals surface area contributed by atoms with Gasteiger partial charge in [0.25, 0.3) is 0 Å². The molecule has 0 aliphatic rings. The van der Waals surface area contributed by atoms with Gasteiger partial charge in [-0.1, -0.05) is 105 Å². The van der Waals surface area contributed by atoms with Gasteiger partial charge in [-0.25, -0.2) is 4.98 Å². The Hall–Kier alpha value is -7.21. The van der Waals surface area contributed by atoms with Gasteiger partial charge in [0, 0.05) is 84.1 Å². The molecule has 0 radical (unpaired) electrons. The van der Waals surface area contributed by atoms with Crippen molar-refractivity contribution in [3.63, 3.8) is 0 Å². The van der Waals surface area contributed by atoms with Gasteiger partial charge in [0.1, 0.15) is 5.82 Å². The zero-order valence-corrected chi connectivity index (χ0v) is 37.3. The second kappa shape index (κ2) is 14.7. The Balaban J connectivity index is 0.00000444. The van der Waals surface area contributed by atoms with Crippen molar-refractivity contribution in [2.24, 2.45) is 7.05 Å². The first-order valence-corrected chi connectivity index (χ1v) is 21.0. The largest absolute Gasteiger partial charge is 0.510 e. The molecular weight excluding hydrogens is 956 g/mol. The number of ether oxygens (including phenoxy) is 1. The van der Waals surface area contributed by atoms with E-state index in [0.29, 0.717) is 11.5 Å². The van der Waals surface area contributed by atoms with Crippen LogP contribution in [0, 0.1) is 18.5 Å². The van der Waals surface area contributed by atoms with Gasteiger partial charge in [0.2, 0.25) is 6.33 Å². The average Bonchev–Trinajstić information content (AvgIpc) is 4.06. The van der Waals surface area contributed by atoms with E-state index in [0.717, 1.165) is 66.8 Å². The molecule has 0 saturated heterocycles. The smallest absolute Gasteiger partial charge is 0.241 e. The maximum Gasteiger partial charge on any atom is 0.241 e. The van der Waals surface area contributed by atoms with Crippen LogP contribution in [-0.2, 0) is 33.5 Å². The van der Waals surface area contributed by atoms with E-state index < -0.39 is 0 Å². The minimum Gasteiger partial charge on any atom is -0.510 e. The normalized spacial score (nSPS) is 12.0. The van der Waals surface area contributed by atoms with Crippen molar-refractivity contribution >= 4 is 65.4 Å². The molecule has 0 atom stereocenters. The molecule has 0 spiro atoms. The summed E-state index contributed by atoms with van der Waals surface area (Å²) in [6.45, 7) is 6.75. The number of fused-ring (bicyclic) bond motifs is 12. The summed E-state index contributed by atoms with van der Waals surface area (Å²) in [6, 6.07) is 60.9. The molecular formula is C55H40N6OPt-2. The third-order valence-electron chi connectivity index (χ3n) is 12.1. The summed E-state index contributed by atoms with van der Waals surface area (Å²) in [5.41, 5.74) is 10.5. The van der Waals surface area contributed by atoms with E-state index in [2.05, 4.69) is 180 Å². The number of hydrogen-bond acceptors (Lipinski definition) is 2. The summed E-state index contributed by atoms with van der Waals surface area (Å²) >= 11 is 0. The standard InChI is InChI=1S/C55H40N6O.Pt/c1-55(2,3)36-28-29-56-48(32-36)61-47-34-41(62-40-21-15-20-39(33-40)58-31-30-57(4)35-58)26-27-44(47)50-49-42-22-11-13-24-45(42)59(37-16-7-5-8-17-37)52(49)51-43-23-12-14-25-46(43)60(54(51)53(50)61)38-18-9-6-10-19-38;/h5-32H,1-4H3;/q-2;. The predicted molar refractivity (Wildman–Crippen MR) is 249 cm³/mol. The summed E-state index contributed by atoms with van der Waals surface area (Å²) in [5.74, 6) is 1.97. The zero-order chi connectivity index (χ0) is 41.7. The van der Waals surface area contributed by atoms with E-state index in [9.17, 15) is 0 Å². The Morgan fingerprint density at radius 1 is 0.571 bits per heavy atom. The fourth-order valence-electron chi connectivity index (χ4n) is 9.38. The van der Waals surface area contributed by atoms with Gasteiger partial charge in [-0.05, 0) is 64.9 Å². The van der Waals surface area contributed by atoms with Crippen LogP contribution in [0.1, 0.15) is 26.3 Å². The molecule has 0 saturated carbocycles. The quantitative estimate of drug-likeness (QED) is 0.123. The number of benzene rings is 7. The first-order chi connectivity index (χ1) is 30.3. The monoisotopic (exact) mass is 995 g/mol. The molecule has 12 rings (SSSR count). The predicted octanol–water partition coefficient (Wildman–Crippen LogP) is 12.5. The van der Waals surface area contributed by atoms with Gasteiger partial charge in [-0.2, -0.15) is 18.2 Å². The van der Waals surface area contributed by atoms with Gasteiger partial charge in [-0.3, -0.25) is 0 Å². The van der Waals surface area contributed by atoms with Crippen molar-refractivity contribution in [3.05, 3.63) is 194 Å². The summed E-state index contributed by atoms with van der Waals surface area (Å²) in [6.07, 6.45) is 9.11. The van der Waals surface area contributed by atoms with Gasteiger partial charge in [0.15, 0.2) is 0 Å². The van der Waals surface area contributed by atoms with Crippen LogP contribution in [0.3, 0.4) is 0 Å². The van der Waals surface area contributed by atoms with Crippen LogP contribution in [-0.4, -0.2) is 23.3 Å².